The molecule has 8 heteroatoms. The summed E-state index contributed by atoms with van der Waals surface area (Å²) in [5, 5.41) is 16.9. The van der Waals surface area contributed by atoms with Gasteiger partial charge in [0, 0.05) is 20.6 Å². The number of hydrogen-bond acceptors (Lipinski definition) is 3. The first-order valence-corrected chi connectivity index (χ1v) is 7.89. The van der Waals surface area contributed by atoms with Gasteiger partial charge in [0.15, 0.2) is 0 Å². The van der Waals surface area contributed by atoms with Gasteiger partial charge in [0.2, 0.25) is 0 Å². The predicted molar refractivity (Wildman–Crippen MR) is 98.2 cm³/mol. The van der Waals surface area contributed by atoms with Crippen LogP contribution in [0.1, 0.15) is 11.1 Å². The molecule has 3 aromatic rings. The molecular formula is C16H13Cl4N3O. The predicted octanol–water partition coefficient (Wildman–Crippen LogP) is 4.60. The summed E-state index contributed by atoms with van der Waals surface area (Å²) < 4.78 is 1.54. The third-order valence-electron chi connectivity index (χ3n) is 3.56. The maximum atomic E-state index is 11.4. The van der Waals surface area contributed by atoms with E-state index in [-0.39, 0.29) is 19.0 Å². The van der Waals surface area contributed by atoms with E-state index in [1.165, 1.54) is 12.7 Å². The van der Waals surface area contributed by atoms with E-state index in [9.17, 15) is 5.11 Å². The number of nitrogens with zero attached hydrogens (tertiary/aromatic N) is 3. The monoisotopic (exact) mass is 403 g/mol. The number of benzene rings is 2. The Labute approximate surface area is 160 Å². The molecule has 1 aromatic heterocycles. The lowest BCUT2D eigenvalue weighted by molar-refractivity contribution is 0.0573. The van der Waals surface area contributed by atoms with Gasteiger partial charge < -0.3 is 5.11 Å². The topological polar surface area (TPSA) is 50.9 Å². The van der Waals surface area contributed by atoms with Crippen LogP contribution in [0.4, 0.5) is 0 Å². The van der Waals surface area contributed by atoms with Gasteiger partial charge in [-0.05, 0) is 29.8 Å². The summed E-state index contributed by atoms with van der Waals surface area (Å²) in [4.78, 5) is 3.91. The lowest BCUT2D eigenvalue weighted by atomic mass is 9.86. The molecular weight excluding hydrogens is 392 g/mol. The molecule has 0 aliphatic rings. The molecule has 1 unspecified atom stereocenters. The molecule has 0 fully saturated rings. The highest BCUT2D eigenvalue weighted by Crippen LogP contribution is 2.37. The first kappa shape index (κ1) is 19.0. The Hall–Kier alpha value is -1.30. The SMILES string of the molecule is Cl.OC(Cn1cncn1)(c1ccc(Cl)cc1)c1ccc(Cl)cc1Cl. The van der Waals surface area contributed by atoms with E-state index in [1.807, 2.05) is 0 Å². The summed E-state index contributed by atoms with van der Waals surface area (Å²) in [6.07, 6.45) is 2.94. The Kier molecular flexibility index (Phi) is 6.12. The van der Waals surface area contributed by atoms with E-state index in [0.29, 0.717) is 26.2 Å². The molecule has 0 bridgehead atoms. The van der Waals surface area contributed by atoms with Crippen molar-refractivity contribution in [1.82, 2.24) is 14.8 Å². The number of halogens is 4. The Morgan fingerprint density at radius 1 is 1.00 bits per heavy atom. The van der Waals surface area contributed by atoms with Crippen LogP contribution in [-0.2, 0) is 12.1 Å². The van der Waals surface area contributed by atoms with Crippen LogP contribution in [0.2, 0.25) is 15.1 Å². The zero-order chi connectivity index (χ0) is 16.4. The first-order chi connectivity index (χ1) is 11.0. The second kappa shape index (κ2) is 7.72. The molecule has 4 nitrogen and oxygen atoms in total. The van der Waals surface area contributed by atoms with Crippen molar-refractivity contribution in [2.24, 2.45) is 0 Å². The number of rotatable bonds is 4. The fourth-order valence-electron chi connectivity index (χ4n) is 2.43. The van der Waals surface area contributed by atoms with Gasteiger partial charge in [-0.3, -0.25) is 0 Å². The molecule has 126 valence electrons. The summed E-state index contributed by atoms with van der Waals surface area (Å²) in [7, 11) is 0. The van der Waals surface area contributed by atoms with Crippen LogP contribution in [0.15, 0.2) is 55.1 Å². The summed E-state index contributed by atoms with van der Waals surface area (Å²) in [5.74, 6) is 0. The average molecular weight is 405 g/mol. The van der Waals surface area contributed by atoms with Gasteiger partial charge in [-0.2, -0.15) is 5.10 Å². The van der Waals surface area contributed by atoms with Gasteiger partial charge in [0.1, 0.15) is 18.3 Å². The van der Waals surface area contributed by atoms with Crippen molar-refractivity contribution < 1.29 is 5.11 Å². The maximum absolute atomic E-state index is 11.4. The van der Waals surface area contributed by atoms with Crippen molar-refractivity contribution in [3.63, 3.8) is 0 Å². The van der Waals surface area contributed by atoms with Crippen LogP contribution in [0.25, 0.3) is 0 Å². The molecule has 1 heterocycles. The Balaban J connectivity index is 0.00000208. The van der Waals surface area contributed by atoms with Crippen LogP contribution in [0.3, 0.4) is 0 Å². The molecule has 0 aliphatic carbocycles. The minimum atomic E-state index is -1.40. The van der Waals surface area contributed by atoms with Crippen LogP contribution >= 0.6 is 47.2 Å². The van der Waals surface area contributed by atoms with E-state index in [1.54, 1.807) is 47.1 Å². The van der Waals surface area contributed by atoms with Crippen molar-refractivity contribution in [1.29, 1.82) is 0 Å². The molecule has 0 saturated carbocycles. The normalized spacial score (nSPS) is 13.2. The second-order valence-corrected chi connectivity index (χ2v) is 6.36. The largest absolute Gasteiger partial charge is 0.378 e. The van der Waals surface area contributed by atoms with E-state index in [4.69, 9.17) is 34.8 Å². The molecule has 3 rings (SSSR count). The van der Waals surface area contributed by atoms with Gasteiger partial charge in [-0.25, -0.2) is 9.67 Å². The van der Waals surface area contributed by atoms with Crippen molar-refractivity contribution in [2.45, 2.75) is 12.1 Å². The Morgan fingerprint density at radius 3 is 2.25 bits per heavy atom. The Bertz CT molecular complexity index is 809. The van der Waals surface area contributed by atoms with Crippen molar-refractivity contribution in [3.8, 4) is 0 Å². The lowest BCUT2D eigenvalue weighted by Crippen LogP contribution is -2.33. The highest BCUT2D eigenvalue weighted by atomic mass is 35.5. The fraction of sp³-hybridized carbons (Fsp3) is 0.125. The van der Waals surface area contributed by atoms with E-state index >= 15 is 0 Å². The van der Waals surface area contributed by atoms with E-state index in [0.717, 1.165) is 0 Å². The maximum Gasteiger partial charge on any atom is 0.137 e. The highest BCUT2D eigenvalue weighted by molar-refractivity contribution is 6.35. The summed E-state index contributed by atoms with van der Waals surface area (Å²) in [6, 6.07) is 11.9. The molecule has 2 aromatic carbocycles. The third-order valence-corrected chi connectivity index (χ3v) is 4.36. The number of hydrogen-bond donors (Lipinski definition) is 1. The van der Waals surface area contributed by atoms with Gasteiger partial charge >= 0.3 is 0 Å². The van der Waals surface area contributed by atoms with Gasteiger partial charge in [0.25, 0.3) is 0 Å². The standard InChI is InChI=1S/C16H12Cl3N3O.ClH/c17-12-3-1-11(2-4-12)16(23,8-22-10-20-9-21-22)14-6-5-13(18)7-15(14)19;/h1-7,9-10,23H,8H2;1H. The quantitative estimate of drug-likeness (QED) is 0.691. The second-order valence-electron chi connectivity index (χ2n) is 5.08. The fourth-order valence-corrected chi connectivity index (χ4v) is 3.12. The summed E-state index contributed by atoms with van der Waals surface area (Å²) >= 11 is 18.2. The minimum absolute atomic E-state index is 0. The lowest BCUT2D eigenvalue weighted by Gasteiger charge is -2.30. The van der Waals surface area contributed by atoms with Crippen LogP contribution < -0.4 is 0 Å². The molecule has 0 spiro atoms. The van der Waals surface area contributed by atoms with Crippen molar-refractivity contribution in [3.05, 3.63) is 81.3 Å². The molecule has 1 atom stereocenters. The minimum Gasteiger partial charge on any atom is -0.378 e. The zero-order valence-electron chi connectivity index (χ0n) is 12.2. The summed E-state index contributed by atoms with van der Waals surface area (Å²) in [6.45, 7) is 0.149. The Morgan fingerprint density at radius 2 is 1.67 bits per heavy atom. The highest BCUT2D eigenvalue weighted by Gasteiger charge is 2.34. The van der Waals surface area contributed by atoms with Crippen LogP contribution in [-0.4, -0.2) is 19.9 Å². The van der Waals surface area contributed by atoms with Gasteiger partial charge in [-0.1, -0.05) is 53.0 Å². The molecule has 0 radical (unpaired) electrons. The first-order valence-electron chi connectivity index (χ1n) is 6.75. The van der Waals surface area contributed by atoms with Crippen molar-refractivity contribution in [2.75, 3.05) is 0 Å². The molecule has 24 heavy (non-hydrogen) atoms. The number of aliphatic hydroxyl groups is 1. The van der Waals surface area contributed by atoms with E-state index < -0.39 is 5.60 Å². The molecule has 0 amide bonds. The number of aromatic nitrogens is 3. The third kappa shape index (κ3) is 3.85. The van der Waals surface area contributed by atoms with E-state index in [2.05, 4.69) is 10.1 Å². The summed E-state index contributed by atoms with van der Waals surface area (Å²) in [5.41, 5.74) is -0.233. The van der Waals surface area contributed by atoms with Crippen LogP contribution in [0, 0.1) is 0 Å². The van der Waals surface area contributed by atoms with Crippen LogP contribution in [0.5, 0.6) is 0 Å². The zero-order valence-corrected chi connectivity index (χ0v) is 15.3. The molecule has 1 N–H and O–H groups in total. The molecule has 0 aliphatic heterocycles. The van der Waals surface area contributed by atoms with Crippen molar-refractivity contribution >= 4 is 47.2 Å². The average Bonchev–Trinajstić information content (AvgIpc) is 3.00. The van der Waals surface area contributed by atoms with Gasteiger partial charge in [-0.15, -0.1) is 12.4 Å². The smallest absolute Gasteiger partial charge is 0.137 e. The molecule has 0 saturated heterocycles. The van der Waals surface area contributed by atoms with Gasteiger partial charge in [0.05, 0.1) is 6.54 Å².